The van der Waals surface area contributed by atoms with Crippen molar-refractivity contribution in [2.45, 2.75) is 26.2 Å². The molecule has 0 aliphatic heterocycles. The zero-order valence-electron chi connectivity index (χ0n) is 6.96. The van der Waals surface area contributed by atoms with Crippen LogP contribution in [0.15, 0.2) is 0 Å². The first-order valence-corrected chi connectivity index (χ1v) is 3.54. The summed E-state index contributed by atoms with van der Waals surface area (Å²) in [6.45, 7) is 1.51. The first-order valence-electron chi connectivity index (χ1n) is 3.54. The summed E-state index contributed by atoms with van der Waals surface area (Å²) in [6, 6.07) is 0. The van der Waals surface area contributed by atoms with E-state index in [0.717, 1.165) is 5.01 Å². The second-order valence-electron chi connectivity index (χ2n) is 2.56. The maximum atomic E-state index is 10.8. The van der Waals surface area contributed by atoms with Gasteiger partial charge in [-0.15, -0.1) is 0 Å². The molecule has 0 bridgehead atoms. The van der Waals surface area contributed by atoms with Gasteiger partial charge >= 0.3 is 0 Å². The average molecular weight is 158 g/mol. The van der Waals surface area contributed by atoms with Crippen LogP contribution >= 0.6 is 0 Å². The molecule has 0 fully saturated rings. The number of nitrogens with zero attached hydrogens (tertiary/aromatic N) is 1. The number of amides is 1. The van der Waals surface area contributed by atoms with E-state index in [2.05, 4.69) is 0 Å². The van der Waals surface area contributed by atoms with Crippen LogP contribution in [0.3, 0.4) is 0 Å². The summed E-state index contributed by atoms with van der Waals surface area (Å²) in [6.07, 6.45) is 1.40. The number of hydrogen-bond donors (Lipinski definition) is 1. The number of carbonyl (C=O) groups is 2. The van der Waals surface area contributed by atoms with Gasteiger partial charge in [0.25, 0.3) is 0 Å². The zero-order chi connectivity index (χ0) is 8.85. The van der Waals surface area contributed by atoms with E-state index >= 15 is 0 Å². The molecule has 0 rings (SSSR count). The SMILES string of the molecule is CC(=O)CCCC(=O)N(C)N. The standard InChI is InChI=1S/C7H14N2O2/c1-6(10)4-3-5-7(11)9(2)8/h3-5,8H2,1-2H3. The molecule has 0 aromatic carbocycles. The Bertz CT molecular complexity index is 155. The lowest BCUT2D eigenvalue weighted by molar-refractivity contribution is -0.130. The van der Waals surface area contributed by atoms with Crippen LogP contribution in [0.5, 0.6) is 0 Å². The van der Waals surface area contributed by atoms with Crippen molar-refractivity contribution >= 4 is 11.7 Å². The second-order valence-corrected chi connectivity index (χ2v) is 2.56. The van der Waals surface area contributed by atoms with Crippen molar-refractivity contribution in [3.63, 3.8) is 0 Å². The number of Topliss-reactive ketones (excluding diaryl/α,β-unsaturated/α-hetero) is 1. The molecule has 4 nitrogen and oxygen atoms in total. The molecule has 0 aromatic rings. The number of nitrogens with two attached hydrogens (primary N) is 1. The fraction of sp³-hybridized carbons (Fsp3) is 0.714. The van der Waals surface area contributed by atoms with Gasteiger partial charge in [0.1, 0.15) is 5.78 Å². The monoisotopic (exact) mass is 158 g/mol. The topological polar surface area (TPSA) is 63.4 Å². The molecule has 11 heavy (non-hydrogen) atoms. The molecule has 0 saturated carbocycles. The minimum atomic E-state index is -0.133. The van der Waals surface area contributed by atoms with Gasteiger partial charge in [-0.05, 0) is 13.3 Å². The fourth-order valence-corrected chi connectivity index (χ4v) is 0.665. The van der Waals surface area contributed by atoms with Gasteiger partial charge in [-0.3, -0.25) is 9.80 Å². The van der Waals surface area contributed by atoms with Gasteiger partial charge < -0.3 is 4.79 Å². The molecule has 1 amide bonds. The Labute approximate surface area is 66.3 Å². The second kappa shape index (κ2) is 4.85. The predicted molar refractivity (Wildman–Crippen MR) is 41.5 cm³/mol. The number of carbonyl (C=O) groups excluding carboxylic acids is 2. The first-order chi connectivity index (χ1) is 5.04. The van der Waals surface area contributed by atoms with Crippen LogP contribution in [0.1, 0.15) is 26.2 Å². The normalized spacial score (nSPS) is 9.36. The summed E-state index contributed by atoms with van der Waals surface area (Å²) in [4.78, 5) is 21.3. The van der Waals surface area contributed by atoms with Crippen molar-refractivity contribution in [3.05, 3.63) is 0 Å². The lowest BCUT2D eigenvalue weighted by atomic mass is 10.2. The molecule has 0 aliphatic carbocycles. The Hall–Kier alpha value is -0.900. The van der Waals surface area contributed by atoms with Crippen molar-refractivity contribution in [2.24, 2.45) is 5.84 Å². The minimum absolute atomic E-state index is 0.109. The predicted octanol–water partition coefficient (Wildman–Crippen LogP) is 0.0778. The average Bonchev–Trinajstić information content (AvgIpc) is 1.86. The van der Waals surface area contributed by atoms with Crippen LogP contribution in [0.4, 0.5) is 0 Å². The van der Waals surface area contributed by atoms with E-state index in [0.29, 0.717) is 19.3 Å². The van der Waals surface area contributed by atoms with E-state index in [1.807, 2.05) is 0 Å². The summed E-state index contributed by atoms with van der Waals surface area (Å²) in [7, 11) is 1.50. The molecule has 0 saturated heterocycles. The van der Waals surface area contributed by atoms with Crippen LogP contribution in [0.25, 0.3) is 0 Å². The molecule has 0 unspecified atom stereocenters. The van der Waals surface area contributed by atoms with E-state index in [1.54, 1.807) is 0 Å². The quantitative estimate of drug-likeness (QED) is 0.358. The molecule has 0 radical (unpaired) electrons. The van der Waals surface area contributed by atoms with Gasteiger partial charge in [-0.25, -0.2) is 5.84 Å². The highest BCUT2D eigenvalue weighted by molar-refractivity contribution is 5.78. The van der Waals surface area contributed by atoms with Gasteiger partial charge in [0.05, 0.1) is 0 Å². The lowest BCUT2D eigenvalue weighted by Gasteiger charge is -2.08. The zero-order valence-corrected chi connectivity index (χ0v) is 6.96. The number of hydrazine groups is 1. The van der Waals surface area contributed by atoms with Crippen molar-refractivity contribution in [1.82, 2.24) is 5.01 Å². The molecule has 64 valence electrons. The van der Waals surface area contributed by atoms with Crippen LogP contribution in [0.2, 0.25) is 0 Å². The van der Waals surface area contributed by atoms with Gasteiger partial charge in [0.15, 0.2) is 0 Å². The Morgan fingerprint density at radius 3 is 2.27 bits per heavy atom. The Morgan fingerprint density at radius 2 is 1.91 bits per heavy atom. The van der Waals surface area contributed by atoms with E-state index < -0.39 is 0 Å². The molecule has 4 heteroatoms. The highest BCUT2D eigenvalue weighted by atomic mass is 16.2. The van der Waals surface area contributed by atoms with Crippen molar-refractivity contribution < 1.29 is 9.59 Å². The molecular formula is C7H14N2O2. The molecule has 0 aliphatic rings. The Morgan fingerprint density at radius 1 is 1.36 bits per heavy atom. The van der Waals surface area contributed by atoms with Crippen molar-refractivity contribution in [1.29, 1.82) is 0 Å². The molecule has 2 N–H and O–H groups in total. The smallest absolute Gasteiger partial charge is 0.236 e. The maximum absolute atomic E-state index is 10.8. The summed E-state index contributed by atoms with van der Waals surface area (Å²) < 4.78 is 0. The van der Waals surface area contributed by atoms with E-state index in [-0.39, 0.29) is 11.7 Å². The maximum Gasteiger partial charge on any atom is 0.236 e. The summed E-state index contributed by atoms with van der Waals surface area (Å²) in [5.74, 6) is 5.13. The third kappa shape index (κ3) is 5.54. The van der Waals surface area contributed by atoms with Gasteiger partial charge in [0, 0.05) is 19.9 Å². The van der Waals surface area contributed by atoms with E-state index in [1.165, 1.54) is 14.0 Å². The highest BCUT2D eigenvalue weighted by Crippen LogP contribution is 1.97. The van der Waals surface area contributed by atoms with Crippen molar-refractivity contribution in [2.75, 3.05) is 7.05 Å². The molecular weight excluding hydrogens is 144 g/mol. The number of rotatable bonds is 4. The van der Waals surface area contributed by atoms with Crippen LogP contribution in [-0.2, 0) is 9.59 Å². The number of ketones is 1. The van der Waals surface area contributed by atoms with Crippen molar-refractivity contribution in [3.8, 4) is 0 Å². The molecule has 0 spiro atoms. The Kier molecular flexibility index (Phi) is 4.45. The largest absolute Gasteiger partial charge is 0.300 e. The summed E-state index contributed by atoms with van der Waals surface area (Å²) in [5, 5.41) is 1.04. The van der Waals surface area contributed by atoms with Crippen LogP contribution in [-0.4, -0.2) is 23.7 Å². The summed E-state index contributed by atoms with van der Waals surface area (Å²) >= 11 is 0. The first kappa shape index (κ1) is 10.1. The minimum Gasteiger partial charge on any atom is -0.300 e. The third-order valence-electron chi connectivity index (χ3n) is 1.31. The lowest BCUT2D eigenvalue weighted by Crippen LogP contribution is -2.32. The highest BCUT2D eigenvalue weighted by Gasteiger charge is 2.03. The van der Waals surface area contributed by atoms with Crippen LogP contribution in [0, 0.1) is 0 Å². The van der Waals surface area contributed by atoms with Gasteiger partial charge in [-0.1, -0.05) is 0 Å². The third-order valence-corrected chi connectivity index (χ3v) is 1.31. The Balaban J connectivity index is 3.39. The molecule has 0 atom stereocenters. The van der Waals surface area contributed by atoms with Gasteiger partial charge in [-0.2, -0.15) is 0 Å². The fourth-order valence-electron chi connectivity index (χ4n) is 0.665. The van der Waals surface area contributed by atoms with E-state index in [4.69, 9.17) is 5.84 Å². The molecule has 0 heterocycles. The summed E-state index contributed by atoms with van der Waals surface area (Å²) in [5.41, 5.74) is 0. The number of hydrogen-bond acceptors (Lipinski definition) is 3. The van der Waals surface area contributed by atoms with E-state index in [9.17, 15) is 9.59 Å². The van der Waals surface area contributed by atoms with Crippen LogP contribution < -0.4 is 5.84 Å². The van der Waals surface area contributed by atoms with Gasteiger partial charge in [0.2, 0.25) is 5.91 Å². The molecule has 0 aromatic heterocycles.